The lowest BCUT2D eigenvalue weighted by Crippen LogP contribution is -2.29. The first-order valence-corrected chi connectivity index (χ1v) is 7.68. The summed E-state index contributed by atoms with van der Waals surface area (Å²) in [5.41, 5.74) is 2.25. The number of likely N-dealkylation sites (N-methyl/N-ethyl adjacent to an activating group) is 1. The highest BCUT2D eigenvalue weighted by atomic mass is 16.5. The van der Waals surface area contributed by atoms with Crippen molar-refractivity contribution in [3.8, 4) is 16.9 Å². The van der Waals surface area contributed by atoms with Crippen molar-refractivity contribution >= 4 is 16.9 Å². The summed E-state index contributed by atoms with van der Waals surface area (Å²) >= 11 is 0. The van der Waals surface area contributed by atoms with Gasteiger partial charge in [0, 0.05) is 30.6 Å². The van der Waals surface area contributed by atoms with Crippen LogP contribution in [0.4, 0.5) is 0 Å². The summed E-state index contributed by atoms with van der Waals surface area (Å²) in [7, 11) is 3.23. The second kappa shape index (κ2) is 6.76. The van der Waals surface area contributed by atoms with E-state index in [4.69, 9.17) is 14.3 Å². The topological polar surface area (TPSA) is 62.9 Å². The van der Waals surface area contributed by atoms with Crippen LogP contribution in [-0.4, -0.2) is 43.2 Å². The molecule has 0 saturated carbocycles. The van der Waals surface area contributed by atoms with Crippen molar-refractivity contribution in [1.29, 1.82) is 0 Å². The Labute approximate surface area is 140 Å². The van der Waals surface area contributed by atoms with E-state index in [1.54, 1.807) is 20.2 Å². The number of furan rings is 1. The molecule has 2 aromatic carbocycles. The van der Waals surface area contributed by atoms with Crippen molar-refractivity contribution in [3.05, 3.63) is 54.3 Å². The predicted octanol–water partition coefficient (Wildman–Crippen LogP) is 3.17. The summed E-state index contributed by atoms with van der Waals surface area (Å²) in [5, 5.41) is 9.94. The van der Waals surface area contributed by atoms with E-state index >= 15 is 0 Å². The minimum absolute atomic E-state index is 0.100. The summed E-state index contributed by atoms with van der Waals surface area (Å²) in [6, 6.07) is 15.2. The Bertz CT molecular complexity index is 854. The molecule has 1 N–H and O–H groups in total. The van der Waals surface area contributed by atoms with Crippen LogP contribution < -0.4 is 4.74 Å². The number of aliphatic hydroxyl groups excluding tert-OH is 1. The Morgan fingerprint density at radius 2 is 1.96 bits per heavy atom. The average Bonchev–Trinajstić information content (AvgIpc) is 3.00. The molecule has 0 radical (unpaired) electrons. The maximum atomic E-state index is 12.7. The van der Waals surface area contributed by atoms with E-state index in [-0.39, 0.29) is 24.8 Å². The summed E-state index contributed by atoms with van der Waals surface area (Å²) in [4.78, 5) is 14.2. The zero-order valence-corrected chi connectivity index (χ0v) is 13.7. The smallest absolute Gasteiger partial charge is 0.290 e. The molecule has 0 aliphatic rings. The van der Waals surface area contributed by atoms with E-state index in [1.165, 1.54) is 4.90 Å². The van der Waals surface area contributed by atoms with Gasteiger partial charge in [0.15, 0.2) is 0 Å². The monoisotopic (exact) mass is 325 g/mol. The van der Waals surface area contributed by atoms with E-state index in [0.29, 0.717) is 11.3 Å². The number of nitrogens with zero attached hydrogens (tertiary/aromatic N) is 1. The van der Waals surface area contributed by atoms with Gasteiger partial charge in [0.05, 0.1) is 13.7 Å². The normalized spacial score (nSPS) is 10.8. The van der Waals surface area contributed by atoms with Gasteiger partial charge in [-0.3, -0.25) is 4.79 Å². The number of benzene rings is 2. The van der Waals surface area contributed by atoms with E-state index in [1.807, 2.05) is 42.5 Å². The molecule has 5 heteroatoms. The van der Waals surface area contributed by atoms with Gasteiger partial charge in [-0.2, -0.15) is 0 Å². The maximum absolute atomic E-state index is 12.7. The number of carbonyl (C=O) groups excluding carboxylic acids is 1. The van der Waals surface area contributed by atoms with Gasteiger partial charge in [0.25, 0.3) is 5.91 Å². The van der Waals surface area contributed by atoms with Gasteiger partial charge in [-0.25, -0.2) is 0 Å². The number of fused-ring (bicyclic) bond motifs is 1. The first kappa shape index (κ1) is 16.1. The number of hydrogen-bond donors (Lipinski definition) is 1. The zero-order valence-electron chi connectivity index (χ0n) is 13.7. The number of carbonyl (C=O) groups is 1. The van der Waals surface area contributed by atoms with Crippen molar-refractivity contribution in [2.24, 2.45) is 0 Å². The van der Waals surface area contributed by atoms with Crippen LogP contribution in [0.2, 0.25) is 0 Å². The molecule has 0 spiro atoms. The van der Waals surface area contributed by atoms with Crippen molar-refractivity contribution in [2.45, 2.75) is 0 Å². The van der Waals surface area contributed by atoms with Crippen LogP contribution in [0.5, 0.6) is 5.75 Å². The molecule has 0 bridgehead atoms. The highest BCUT2D eigenvalue weighted by molar-refractivity contribution is 6.08. The summed E-state index contributed by atoms with van der Waals surface area (Å²) in [6.45, 7) is 0.143. The lowest BCUT2D eigenvalue weighted by atomic mass is 10.0. The molecule has 0 saturated heterocycles. The lowest BCUT2D eigenvalue weighted by Gasteiger charge is -2.14. The number of amides is 1. The van der Waals surface area contributed by atoms with Crippen molar-refractivity contribution < 1.29 is 19.1 Å². The van der Waals surface area contributed by atoms with Gasteiger partial charge in [0.1, 0.15) is 11.3 Å². The first-order chi connectivity index (χ1) is 11.7. The second-order valence-electron chi connectivity index (χ2n) is 5.48. The molecule has 1 aromatic heterocycles. The van der Waals surface area contributed by atoms with E-state index in [9.17, 15) is 4.79 Å². The minimum Gasteiger partial charge on any atom is -0.497 e. The highest BCUT2D eigenvalue weighted by Gasteiger charge is 2.24. The average molecular weight is 325 g/mol. The van der Waals surface area contributed by atoms with Gasteiger partial charge < -0.3 is 19.2 Å². The number of hydrogen-bond acceptors (Lipinski definition) is 4. The number of methoxy groups -OCH3 is 1. The predicted molar refractivity (Wildman–Crippen MR) is 92.2 cm³/mol. The molecule has 5 nitrogen and oxygen atoms in total. The molecule has 0 unspecified atom stereocenters. The van der Waals surface area contributed by atoms with Gasteiger partial charge in [-0.15, -0.1) is 0 Å². The lowest BCUT2D eigenvalue weighted by molar-refractivity contribution is 0.0739. The largest absolute Gasteiger partial charge is 0.497 e. The van der Waals surface area contributed by atoms with Crippen molar-refractivity contribution in [3.63, 3.8) is 0 Å². The summed E-state index contributed by atoms with van der Waals surface area (Å²) in [5.74, 6) is 0.664. The van der Waals surface area contributed by atoms with E-state index in [2.05, 4.69) is 0 Å². The first-order valence-electron chi connectivity index (χ1n) is 7.68. The molecule has 3 rings (SSSR count). The van der Waals surface area contributed by atoms with E-state index in [0.717, 1.165) is 16.5 Å². The highest BCUT2D eigenvalue weighted by Crippen LogP contribution is 2.37. The van der Waals surface area contributed by atoms with Gasteiger partial charge >= 0.3 is 0 Å². The Morgan fingerprint density at radius 1 is 1.21 bits per heavy atom. The molecule has 0 aliphatic carbocycles. The number of ether oxygens (including phenoxy) is 1. The quantitative estimate of drug-likeness (QED) is 0.782. The fourth-order valence-corrected chi connectivity index (χ4v) is 2.67. The molecule has 0 atom stereocenters. The van der Waals surface area contributed by atoms with Crippen molar-refractivity contribution in [1.82, 2.24) is 4.90 Å². The van der Waals surface area contributed by atoms with E-state index < -0.39 is 0 Å². The number of rotatable bonds is 5. The standard InChI is InChI=1S/C19H19NO4/c1-20(10-11-21)19(22)18-17(13-6-4-3-5-7-13)15-9-8-14(23-2)12-16(15)24-18/h3-9,12,21H,10-11H2,1-2H3. The molecule has 1 heterocycles. The Hall–Kier alpha value is -2.79. The third kappa shape index (κ3) is 2.86. The fourth-order valence-electron chi connectivity index (χ4n) is 2.67. The molecular weight excluding hydrogens is 306 g/mol. The molecule has 24 heavy (non-hydrogen) atoms. The Balaban J connectivity index is 2.21. The number of aliphatic hydroxyl groups is 1. The van der Waals surface area contributed by atoms with Crippen LogP contribution in [0.1, 0.15) is 10.6 Å². The van der Waals surface area contributed by atoms with Gasteiger partial charge in [-0.05, 0) is 17.7 Å². The molecule has 3 aromatic rings. The van der Waals surface area contributed by atoms with Gasteiger partial charge in [-0.1, -0.05) is 30.3 Å². The Morgan fingerprint density at radius 3 is 2.62 bits per heavy atom. The van der Waals surface area contributed by atoms with Gasteiger partial charge in [0.2, 0.25) is 5.76 Å². The third-order valence-corrected chi connectivity index (χ3v) is 3.94. The van der Waals surface area contributed by atoms with Crippen LogP contribution in [0, 0.1) is 0 Å². The van der Waals surface area contributed by atoms with Crippen molar-refractivity contribution in [2.75, 3.05) is 27.3 Å². The van der Waals surface area contributed by atoms with Crippen LogP contribution in [0.15, 0.2) is 52.9 Å². The third-order valence-electron chi connectivity index (χ3n) is 3.94. The SMILES string of the molecule is COc1ccc2c(-c3ccccc3)c(C(=O)N(C)CCO)oc2c1. The summed E-state index contributed by atoms with van der Waals surface area (Å²) in [6.07, 6.45) is 0. The Kier molecular flexibility index (Phi) is 4.53. The maximum Gasteiger partial charge on any atom is 0.290 e. The summed E-state index contributed by atoms with van der Waals surface area (Å²) < 4.78 is 11.1. The second-order valence-corrected chi connectivity index (χ2v) is 5.48. The molecule has 124 valence electrons. The minimum atomic E-state index is -0.266. The molecule has 1 amide bonds. The zero-order chi connectivity index (χ0) is 17.1. The molecular formula is C19H19NO4. The van der Waals surface area contributed by atoms with Crippen LogP contribution in [0.25, 0.3) is 22.1 Å². The molecule has 0 fully saturated rings. The van der Waals surface area contributed by atoms with Crippen LogP contribution in [-0.2, 0) is 0 Å². The molecule has 0 aliphatic heterocycles. The fraction of sp³-hybridized carbons (Fsp3) is 0.211. The van der Waals surface area contributed by atoms with Crippen LogP contribution in [0.3, 0.4) is 0 Å². The van der Waals surface area contributed by atoms with Crippen LogP contribution >= 0.6 is 0 Å².